The molecule has 2 N–H and O–H groups in total. The van der Waals surface area contributed by atoms with Crippen molar-refractivity contribution in [1.29, 1.82) is 0 Å². The van der Waals surface area contributed by atoms with Crippen LogP contribution in [0.25, 0.3) is 0 Å². The molecule has 0 atom stereocenters. The van der Waals surface area contributed by atoms with Gasteiger partial charge in [-0.05, 0) is 42.1 Å². The fourth-order valence-corrected chi connectivity index (χ4v) is 1.66. The van der Waals surface area contributed by atoms with Gasteiger partial charge in [0, 0.05) is 22.0 Å². The number of hydrogen-bond donors (Lipinski definition) is 2. The number of nitrogens with zero attached hydrogens (tertiary/aromatic N) is 1. The number of anilines is 1. The van der Waals surface area contributed by atoms with Gasteiger partial charge in [0.1, 0.15) is 11.4 Å². The Hall–Kier alpha value is -0.750. The third-order valence-electron chi connectivity index (χ3n) is 2.32. The highest BCUT2D eigenvalue weighted by Crippen LogP contribution is 2.23. The summed E-state index contributed by atoms with van der Waals surface area (Å²) < 4.78 is 0.689. The first-order valence-corrected chi connectivity index (χ1v) is 7.05. The number of carboxylic acids is 1. The summed E-state index contributed by atoms with van der Waals surface area (Å²) in [6.07, 6.45) is 3.61. The van der Waals surface area contributed by atoms with Crippen molar-refractivity contribution >= 4 is 39.5 Å². The number of pyridine rings is 1. The summed E-state index contributed by atoms with van der Waals surface area (Å²) in [4.78, 5) is 15.2. The molecule has 1 aromatic heterocycles. The van der Waals surface area contributed by atoms with Gasteiger partial charge in [0.05, 0.1) is 0 Å². The fraction of sp³-hybridized carbons (Fsp3) is 0.455. The van der Waals surface area contributed by atoms with Gasteiger partial charge in [0.25, 0.3) is 0 Å². The average Bonchev–Trinajstić information content (AvgIpc) is 2.27. The van der Waals surface area contributed by atoms with E-state index in [0.717, 1.165) is 0 Å². The lowest BCUT2D eigenvalue weighted by molar-refractivity contribution is 0.0697. The fourth-order valence-electron chi connectivity index (χ4n) is 1.11. The van der Waals surface area contributed by atoms with Gasteiger partial charge >= 0.3 is 5.97 Å². The van der Waals surface area contributed by atoms with E-state index < -0.39 is 5.97 Å². The van der Waals surface area contributed by atoms with E-state index in [9.17, 15) is 4.79 Å². The zero-order valence-corrected chi connectivity index (χ0v) is 12.4. The third-order valence-corrected chi connectivity index (χ3v) is 4.00. The molecule has 0 aliphatic carbocycles. The van der Waals surface area contributed by atoms with Crippen molar-refractivity contribution < 1.29 is 9.90 Å². The predicted molar refractivity (Wildman–Crippen MR) is 75.0 cm³/mol. The third kappa shape index (κ3) is 4.20. The van der Waals surface area contributed by atoms with Crippen LogP contribution in [0.15, 0.2) is 16.7 Å². The highest BCUT2D eigenvalue weighted by atomic mass is 79.9. The molecule has 1 heterocycles. The molecule has 0 unspecified atom stereocenters. The van der Waals surface area contributed by atoms with Crippen LogP contribution >= 0.6 is 27.7 Å². The molecule has 94 valence electrons. The maximum Gasteiger partial charge on any atom is 0.339 e. The smallest absolute Gasteiger partial charge is 0.339 e. The first-order valence-electron chi connectivity index (χ1n) is 5.03. The summed E-state index contributed by atoms with van der Waals surface area (Å²) in [6, 6.07) is 1.55. The van der Waals surface area contributed by atoms with E-state index in [2.05, 4.69) is 40.1 Å². The first-order chi connectivity index (χ1) is 7.85. The number of carboxylic acid groups (broad SMARTS) is 1. The van der Waals surface area contributed by atoms with Crippen LogP contribution in [0, 0.1) is 0 Å². The number of carbonyl (C=O) groups is 1. The Morgan fingerprint density at radius 2 is 2.29 bits per heavy atom. The second kappa shape index (κ2) is 5.73. The molecular formula is C11H15BrN2O2S. The SMILES string of the molecule is CSC(C)(C)CNc1ncc(Br)cc1C(=O)O. The minimum absolute atomic E-state index is 0.0323. The molecule has 0 aliphatic rings. The molecule has 4 nitrogen and oxygen atoms in total. The van der Waals surface area contributed by atoms with E-state index in [1.165, 1.54) is 0 Å². The van der Waals surface area contributed by atoms with Crippen molar-refractivity contribution in [3.63, 3.8) is 0 Å². The van der Waals surface area contributed by atoms with Gasteiger partial charge in [0.2, 0.25) is 0 Å². The Bertz CT molecular complexity index is 424. The molecule has 0 radical (unpaired) electrons. The topological polar surface area (TPSA) is 62.2 Å². The maximum atomic E-state index is 11.1. The van der Waals surface area contributed by atoms with Crippen LogP contribution in [-0.4, -0.2) is 33.6 Å². The molecule has 0 saturated carbocycles. The van der Waals surface area contributed by atoms with Crippen LogP contribution in [0.4, 0.5) is 5.82 Å². The van der Waals surface area contributed by atoms with E-state index in [0.29, 0.717) is 16.8 Å². The molecule has 6 heteroatoms. The average molecular weight is 319 g/mol. The molecule has 0 fully saturated rings. The standard InChI is InChI=1S/C11H15BrN2O2S/c1-11(2,17-3)6-14-9-8(10(15)16)4-7(12)5-13-9/h4-5H,6H2,1-3H3,(H,13,14)(H,15,16). The van der Waals surface area contributed by atoms with E-state index in [1.54, 1.807) is 24.0 Å². The second-order valence-corrected chi connectivity index (χ2v) is 6.60. The molecule has 0 saturated heterocycles. The lowest BCUT2D eigenvalue weighted by Gasteiger charge is -2.23. The van der Waals surface area contributed by atoms with Crippen LogP contribution in [0.1, 0.15) is 24.2 Å². The first kappa shape index (κ1) is 14.3. The molecule has 1 rings (SSSR count). The van der Waals surface area contributed by atoms with Gasteiger partial charge in [0.15, 0.2) is 0 Å². The summed E-state index contributed by atoms with van der Waals surface area (Å²) in [5, 5.41) is 12.2. The molecule has 17 heavy (non-hydrogen) atoms. The highest BCUT2D eigenvalue weighted by molar-refractivity contribution is 9.10. The Morgan fingerprint density at radius 1 is 1.65 bits per heavy atom. The summed E-state index contributed by atoms with van der Waals surface area (Å²) in [7, 11) is 0. The zero-order valence-electron chi connectivity index (χ0n) is 9.95. The van der Waals surface area contributed by atoms with Gasteiger partial charge in [-0.25, -0.2) is 9.78 Å². The summed E-state index contributed by atoms with van der Waals surface area (Å²) in [5.41, 5.74) is 0.177. The van der Waals surface area contributed by atoms with Gasteiger partial charge in [-0.3, -0.25) is 0 Å². The Balaban J connectivity index is 2.88. The highest BCUT2D eigenvalue weighted by Gasteiger charge is 2.18. The van der Waals surface area contributed by atoms with Crippen molar-refractivity contribution in [2.24, 2.45) is 0 Å². The summed E-state index contributed by atoms with van der Waals surface area (Å²) in [5.74, 6) is -0.578. The van der Waals surface area contributed by atoms with Crippen molar-refractivity contribution in [3.8, 4) is 0 Å². The van der Waals surface area contributed by atoms with E-state index in [4.69, 9.17) is 5.11 Å². The number of aromatic carboxylic acids is 1. The van der Waals surface area contributed by atoms with Crippen molar-refractivity contribution in [2.75, 3.05) is 18.1 Å². The van der Waals surface area contributed by atoms with Gasteiger partial charge in [-0.2, -0.15) is 11.8 Å². The Kier molecular flexibility index (Phi) is 4.82. The van der Waals surface area contributed by atoms with Crippen molar-refractivity contribution in [1.82, 2.24) is 4.98 Å². The minimum atomic E-state index is -0.983. The van der Waals surface area contributed by atoms with Crippen molar-refractivity contribution in [3.05, 3.63) is 22.3 Å². The van der Waals surface area contributed by atoms with E-state index >= 15 is 0 Å². The van der Waals surface area contributed by atoms with E-state index in [-0.39, 0.29) is 10.3 Å². The molecule has 0 aromatic carbocycles. The minimum Gasteiger partial charge on any atom is -0.478 e. The lowest BCUT2D eigenvalue weighted by Crippen LogP contribution is -2.27. The predicted octanol–water partition coefficient (Wildman–Crippen LogP) is 3.10. The van der Waals surface area contributed by atoms with Gasteiger partial charge in [-0.1, -0.05) is 0 Å². The molecule has 1 aromatic rings. The number of halogens is 1. The molecule has 0 spiro atoms. The molecular weight excluding hydrogens is 304 g/mol. The van der Waals surface area contributed by atoms with E-state index in [1.807, 2.05) is 6.26 Å². The second-order valence-electron chi connectivity index (χ2n) is 4.17. The Labute approximate surface area is 113 Å². The lowest BCUT2D eigenvalue weighted by atomic mass is 10.2. The quantitative estimate of drug-likeness (QED) is 0.873. The van der Waals surface area contributed by atoms with Crippen LogP contribution < -0.4 is 5.32 Å². The molecule has 0 aliphatic heterocycles. The van der Waals surface area contributed by atoms with Crippen LogP contribution in [0.2, 0.25) is 0 Å². The van der Waals surface area contributed by atoms with Gasteiger partial charge in [-0.15, -0.1) is 0 Å². The van der Waals surface area contributed by atoms with Crippen molar-refractivity contribution in [2.45, 2.75) is 18.6 Å². The van der Waals surface area contributed by atoms with Crippen LogP contribution in [-0.2, 0) is 0 Å². The maximum absolute atomic E-state index is 11.1. The largest absolute Gasteiger partial charge is 0.478 e. The number of thioether (sulfide) groups is 1. The monoisotopic (exact) mass is 318 g/mol. The number of hydrogen-bond acceptors (Lipinski definition) is 4. The van der Waals surface area contributed by atoms with Crippen LogP contribution in [0.3, 0.4) is 0 Å². The number of nitrogens with one attached hydrogen (secondary N) is 1. The number of aromatic nitrogens is 1. The van der Waals surface area contributed by atoms with Gasteiger partial charge < -0.3 is 10.4 Å². The Morgan fingerprint density at radius 3 is 2.82 bits per heavy atom. The normalized spacial score (nSPS) is 11.3. The summed E-state index contributed by atoms with van der Waals surface area (Å²) in [6.45, 7) is 4.83. The summed E-state index contributed by atoms with van der Waals surface area (Å²) >= 11 is 4.93. The molecule has 0 amide bonds. The number of rotatable bonds is 5. The molecule has 0 bridgehead atoms. The zero-order chi connectivity index (χ0) is 13.1. The van der Waals surface area contributed by atoms with Crippen LogP contribution in [0.5, 0.6) is 0 Å².